The molecule has 0 aromatic heterocycles. The van der Waals surface area contributed by atoms with Crippen LogP contribution in [0.2, 0.25) is 0 Å². The van der Waals surface area contributed by atoms with E-state index in [9.17, 15) is 14.3 Å². The third-order valence-electron chi connectivity index (χ3n) is 2.70. The van der Waals surface area contributed by atoms with E-state index in [4.69, 9.17) is 4.74 Å². The number of carboxylic acid groups (broad SMARTS) is 1. The van der Waals surface area contributed by atoms with Gasteiger partial charge < -0.3 is 9.84 Å². The van der Waals surface area contributed by atoms with Crippen LogP contribution in [-0.4, -0.2) is 18.2 Å². The normalized spacial score (nSPS) is 10.3. The van der Waals surface area contributed by atoms with Crippen molar-refractivity contribution < 1.29 is 19.0 Å². The fraction of sp³-hybridized carbons (Fsp3) is 0.0714. The zero-order valence-electron chi connectivity index (χ0n) is 9.98. The number of ether oxygens (including phenoxy) is 1. The lowest BCUT2D eigenvalue weighted by Crippen LogP contribution is -2.01. The van der Waals surface area contributed by atoms with E-state index in [1.165, 1.54) is 25.3 Å². The van der Waals surface area contributed by atoms with Gasteiger partial charge in [0.1, 0.15) is 11.6 Å². The van der Waals surface area contributed by atoms with E-state index in [0.29, 0.717) is 11.3 Å². The summed E-state index contributed by atoms with van der Waals surface area (Å²) in [7, 11) is 1.44. The fourth-order valence-electron chi connectivity index (χ4n) is 1.77. The third-order valence-corrected chi connectivity index (χ3v) is 3.31. The lowest BCUT2D eigenvalue weighted by Gasteiger charge is -2.10. The van der Waals surface area contributed by atoms with Gasteiger partial charge in [-0.3, -0.25) is 0 Å². The van der Waals surface area contributed by atoms with Crippen molar-refractivity contribution in [2.45, 2.75) is 0 Å². The molecule has 2 rings (SSSR count). The Balaban J connectivity index is 2.68. The quantitative estimate of drug-likeness (QED) is 0.929. The molecule has 0 saturated carbocycles. The van der Waals surface area contributed by atoms with Crippen LogP contribution in [0.15, 0.2) is 40.9 Å². The molecular weight excluding hydrogens is 315 g/mol. The van der Waals surface area contributed by atoms with Crippen LogP contribution in [0, 0.1) is 5.82 Å². The number of aromatic carboxylic acids is 1. The first-order valence-electron chi connectivity index (χ1n) is 5.40. The van der Waals surface area contributed by atoms with E-state index in [1.807, 2.05) is 0 Å². The number of hydrogen-bond acceptors (Lipinski definition) is 2. The van der Waals surface area contributed by atoms with Crippen molar-refractivity contribution in [3.63, 3.8) is 0 Å². The highest BCUT2D eigenvalue weighted by Crippen LogP contribution is 2.32. The first-order chi connectivity index (χ1) is 9.04. The van der Waals surface area contributed by atoms with Gasteiger partial charge in [0.15, 0.2) is 0 Å². The van der Waals surface area contributed by atoms with Crippen molar-refractivity contribution in [3.05, 3.63) is 52.3 Å². The number of carbonyl (C=O) groups is 1. The van der Waals surface area contributed by atoms with Crippen LogP contribution in [0.1, 0.15) is 10.4 Å². The standard InChI is InChI=1S/C14H10BrFO3/c1-19-8-5-6-9(11(7-8)14(17)18)10-3-2-4-12(15)13(10)16/h2-7H,1H3,(H,17,18). The van der Waals surface area contributed by atoms with Crippen LogP contribution < -0.4 is 4.74 Å². The van der Waals surface area contributed by atoms with Crippen LogP contribution >= 0.6 is 15.9 Å². The van der Waals surface area contributed by atoms with Gasteiger partial charge in [-0.25, -0.2) is 9.18 Å². The van der Waals surface area contributed by atoms with Crippen LogP contribution in [0.25, 0.3) is 11.1 Å². The smallest absolute Gasteiger partial charge is 0.336 e. The Kier molecular flexibility index (Phi) is 3.85. The molecule has 0 saturated heterocycles. The first-order valence-corrected chi connectivity index (χ1v) is 6.19. The Hall–Kier alpha value is -1.88. The number of benzene rings is 2. The van der Waals surface area contributed by atoms with Crippen molar-refractivity contribution in [2.75, 3.05) is 7.11 Å². The second kappa shape index (κ2) is 5.40. The van der Waals surface area contributed by atoms with E-state index < -0.39 is 11.8 Å². The predicted molar refractivity (Wildman–Crippen MR) is 73.0 cm³/mol. The first kappa shape index (κ1) is 13.5. The minimum Gasteiger partial charge on any atom is -0.497 e. The molecule has 0 atom stereocenters. The monoisotopic (exact) mass is 324 g/mol. The van der Waals surface area contributed by atoms with Gasteiger partial charge >= 0.3 is 5.97 Å². The molecule has 0 amide bonds. The zero-order valence-corrected chi connectivity index (χ0v) is 11.6. The molecule has 0 radical (unpaired) electrons. The Bertz CT molecular complexity index is 641. The number of rotatable bonds is 3. The Morgan fingerprint density at radius 3 is 2.63 bits per heavy atom. The summed E-state index contributed by atoms with van der Waals surface area (Å²) in [6.07, 6.45) is 0. The molecule has 2 aromatic carbocycles. The molecule has 0 aliphatic rings. The van der Waals surface area contributed by atoms with Gasteiger partial charge in [0.05, 0.1) is 17.1 Å². The van der Waals surface area contributed by atoms with Crippen molar-refractivity contribution in [2.24, 2.45) is 0 Å². The van der Waals surface area contributed by atoms with Crippen molar-refractivity contribution in [3.8, 4) is 16.9 Å². The molecule has 0 aliphatic carbocycles. The van der Waals surface area contributed by atoms with Crippen molar-refractivity contribution in [1.82, 2.24) is 0 Å². The lowest BCUT2D eigenvalue weighted by atomic mass is 9.99. The zero-order chi connectivity index (χ0) is 14.0. The average Bonchev–Trinajstić information content (AvgIpc) is 2.41. The van der Waals surface area contributed by atoms with Crippen molar-refractivity contribution >= 4 is 21.9 Å². The molecule has 0 spiro atoms. The molecule has 1 N–H and O–H groups in total. The van der Waals surface area contributed by atoms with Crippen LogP contribution in [0.5, 0.6) is 5.75 Å². The maximum Gasteiger partial charge on any atom is 0.336 e. The molecule has 0 fully saturated rings. The molecule has 19 heavy (non-hydrogen) atoms. The molecule has 3 nitrogen and oxygen atoms in total. The molecule has 0 bridgehead atoms. The summed E-state index contributed by atoms with van der Waals surface area (Å²) < 4.78 is 19.3. The highest BCUT2D eigenvalue weighted by molar-refractivity contribution is 9.10. The largest absolute Gasteiger partial charge is 0.497 e. The van der Waals surface area contributed by atoms with E-state index in [2.05, 4.69) is 15.9 Å². The number of carboxylic acids is 1. The number of halogens is 2. The summed E-state index contributed by atoms with van der Waals surface area (Å²) in [5, 5.41) is 9.22. The summed E-state index contributed by atoms with van der Waals surface area (Å²) >= 11 is 3.09. The Morgan fingerprint density at radius 2 is 2.00 bits per heavy atom. The molecule has 5 heteroatoms. The van der Waals surface area contributed by atoms with Gasteiger partial charge in [-0.2, -0.15) is 0 Å². The lowest BCUT2D eigenvalue weighted by molar-refractivity contribution is 0.0697. The van der Waals surface area contributed by atoms with Crippen LogP contribution in [0.3, 0.4) is 0 Å². The molecular formula is C14H10BrFO3. The second-order valence-corrected chi connectivity index (χ2v) is 4.67. The van der Waals surface area contributed by atoms with Gasteiger partial charge in [-0.1, -0.05) is 12.1 Å². The molecule has 0 aliphatic heterocycles. The highest BCUT2D eigenvalue weighted by Gasteiger charge is 2.17. The summed E-state index contributed by atoms with van der Waals surface area (Å²) in [5.41, 5.74) is 0.540. The summed E-state index contributed by atoms with van der Waals surface area (Å²) in [4.78, 5) is 11.3. The van der Waals surface area contributed by atoms with E-state index >= 15 is 0 Å². The minimum absolute atomic E-state index is 0.00338. The van der Waals surface area contributed by atoms with Gasteiger partial charge in [0.25, 0.3) is 0 Å². The maximum atomic E-state index is 14.0. The van der Waals surface area contributed by atoms with Crippen LogP contribution in [-0.2, 0) is 0 Å². The molecule has 2 aromatic rings. The second-order valence-electron chi connectivity index (χ2n) is 3.82. The maximum absolute atomic E-state index is 14.0. The number of methoxy groups -OCH3 is 1. The molecule has 98 valence electrons. The minimum atomic E-state index is -1.13. The van der Waals surface area contributed by atoms with E-state index in [1.54, 1.807) is 18.2 Å². The van der Waals surface area contributed by atoms with E-state index in [0.717, 1.165) is 0 Å². The predicted octanol–water partition coefficient (Wildman–Crippen LogP) is 3.96. The number of hydrogen-bond donors (Lipinski definition) is 1. The van der Waals surface area contributed by atoms with Gasteiger partial charge in [-0.15, -0.1) is 0 Å². The third kappa shape index (κ3) is 2.61. The Labute approximate surface area is 117 Å². The highest BCUT2D eigenvalue weighted by atomic mass is 79.9. The molecule has 0 unspecified atom stereocenters. The fourth-order valence-corrected chi connectivity index (χ4v) is 2.14. The topological polar surface area (TPSA) is 46.5 Å². The van der Waals surface area contributed by atoms with Gasteiger partial charge in [0, 0.05) is 5.56 Å². The molecule has 0 heterocycles. The van der Waals surface area contributed by atoms with Crippen molar-refractivity contribution in [1.29, 1.82) is 0 Å². The summed E-state index contributed by atoms with van der Waals surface area (Å²) in [6, 6.07) is 9.25. The summed E-state index contributed by atoms with van der Waals surface area (Å²) in [6.45, 7) is 0. The van der Waals surface area contributed by atoms with E-state index in [-0.39, 0.29) is 15.6 Å². The van der Waals surface area contributed by atoms with Crippen LogP contribution in [0.4, 0.5) is 4.39 Å². The van der Waals surface area contributed by atoms with Gasteiger partial charge in [0.2, 0.25) is 0 Å². The average molecular weight is 325 g/mol. The summed E-state index contributed by atoms with van der Waals surface area (Å²) in [5.74, 6) is -1.21. The SMILES string of the molecule is COc1ccc(-c2cccc(Br)c2F)c(C(=O)O)c1. The van der Waals surface area contributed by atoms with Gasteiger partial charge in [-0.05, 0) is 45.8 Å². The Morgan fingerprint density at radius 1 is 1.26 bits per heavy atom.